The molecule has 0 aliphatic heterocycles. The molecule has 0 radical (unpaired) electrons. The maximum absolute atomic E-state index is 13.5. The van der Waals surface area contributed by atoms with Crippen molar-refractivity contribution in [1.29, 1.82) is 0 Å². The summed E-state index contributed by atoms with van der Waals surface area (Å²) in [5.74, 6) is 0.732. The van der Waals surface area contributed by atoms with E-state index in [-0.39, 0.29) is 11.4 Å². The first-order valence-corrected chi connectivity index (χ1v) is 7.61. The fourth-order valence-corrected chi connectivity index (χ4v) is 2.85. The molecule has 0 bridgehead atoms. The number of para-hydroxylation sites is 2. The number of hydrogen-bond acceptors (Lipinski definition) is 2. The minimum Gasteiger partial charge on any atom is -0.276 e. The van der Waals surface area contributed by atoms with Crippen LogP contribution in [0.4, 0.5) is 13.2 Å². The van der Waals surface area contributed by atoms with Gasteiger partial charge in [0, 0.05) is 11.8 Å². The monoisotopic (exact) mass is 339 g/mol. The summed E-state index contributed by atoms with van der Waals surface area (Å²) < 4.78 is 42.1. The van der Waals surface area contributed by atoms with E-state index in [0.29, 0.717) is 16.9 Å². The molecule has 0 unspecified atom stereocenters. The predicted octanol–water partition coefficient (Wildman–Crippen LogP) is 5.11. The number of alkyl halides is 3. The molecule has 0 aliphatic carbocycles. The molecule has 0 amide bonds. The van der Waals surface area contributed by atoms with Gasteiger partial charge in [0.25, 0.3) is 0 Å². The number of fused-ring (bicyclic) bond motifs is 1. The van der Waals surface area contributed by atoms with Gasteiger partial charge in [-0.25, -0.2) is 9.97 Å². The first kappa shape index (κ1) is 15.4. The topological polar surface area (TPSA) is 30.7 Å². The Labute approximate surface area is 141 Å². The Bertz CT molecular complexity index is 1040. The van der Waals surface area contributed by atoms with Gasteiger partial charge in [0.1, 0.15) is 11.6 Å². The zero-order chi connectivity index (χ0) is 17.4. The summed E-state index contributed by atoms with van der Waals surface area (Å²) in [4.78, 5) is 8.75. The van der Waals surface area contributed by atoms with Crippen molar-refractivity contribution in [2.45, 2.75) is 6.18 Å². The minimum atomic E-state index is -4.47. The fourth-order valence-electron chi connectivity index (χ4n) is 2.85. The second kappa shape index (κ2) is 5.73. The number of hydrogen-bond donors (Lipinski definition) is 0. The Morgan fingerprint density at radius 1 is 0.800 bits per heavy atom. The third-order valence-corrected chi connectivity index (χ3v) is 3.91. The van der Waals surface area contributed by atoms with Gasteiger partial charge in [0.15, 0.2) is 0 Å². The summed E-state index contributed by atoms with van der Waals surface area (Å²) in [6.07, 6.45) is -2.87. The third-order valence-electron chi connectivity index (χ3n) is 3.91. The Balaban J connectivity index is 2.08. The van der Waals surface area contributed by atoms with Crippen molar-refractivity contribution in [3.63, 3.8) is 0 Å². The molecule has 0 aliphatic rings. The smallest absolute Gasteiger partial charge is 0.276 e. The lowest BCUT2D eigenvalue weighted by Crippen LogP contribution is -2.09. The van der Waals surface area contributed by atoms with Gasteiger partial charge in [-0.2, -0.15) is 13.2 Å². The predicted molar refractivity (Wildman–Crippen MR) is 89.3 cm³/mol. The highest BCUT2D eigenvalue weighted by Gasteiger charge is 2.34. The van der Waals surface area contributed by atoms with Crippen LogP contribution in [-0.4, -0.2) is 14.5 Å². The van der Waals surface area contributed by atoms with Gasteiger partial charge in [-0.15, -0.1) is 0 Å². The van der Waals surface area contributed by atoms with E-state index in [9.17, 15) is 13.2 Å². The van der Waals surface area contributed by atoms with Crippen molar-refractivity contribution in [2.75, 3.05) is 0 Å². The highest BCUT2D eigenvalue weighted by molar-refractivity contribution is 5.83. The van der Waals surface area contributed by atoms with Gasteiger partial charge in [-0.1, -0.05) is 36.4 Å². The molecule has 0 N–H and O–H groups in total. The lowest BCUT2D eigenvalue weighted by Gasteiger charge is -2.14. The van der Waals surface area contributed by atoms with E-state index >= 15 is 0 Å². The second-order valence-electron chi connectivity index (χ2n) is 5.49. The average Bonchev–Trinajstić information content (AvgIpc) is 3.01. The summed E-state index contributed by atoms with van der Waals surface area (Å²) in [7, 11) is 0. The SMILES string of the molecule is FC(F)(F)c1ccccc1-c1nc2ccccc2n1-c1ccccn1. The summed E-state index contributed by atoms with van der Waals surface area (Å²) in [5.41, 5.74) is 0.618. The maximum Gasteiger partial charge on any atom is 0.417 e. The van der Waals surface area contributed by atoms with Gasteiger partial charge in [-0.3, -0.25) is 4.57 Å². The van der Waals surface area contributed by atoms with Gasteiger partial charge in [-0.05, 0) is 30.3 Å². The van der Waals surface area contributed by atoms with Crippen molar-refractivity contribution in [2.24, 2.45) is 0 Å². The molecule has 0 atom stereocenters. The molecule has 0 saturated heterocycles. The Morgan fingerprint density at radius 3 is 2.28 bits per heavy atom. The van der Waals surface area contributed by atoms with Gasteiger partial charge >= 0.3 is 6.18 Å². The first-order chi connectivity index (χ1) is 12.1. The van der Waals surface area contributed by atoms with Crippen LogP contribution in [-0.2, 0) is 6.18 Å². The van der Waals surface area contributed by atoms with E-state index in [2.05, 4.69) is 9.97 Å². The van der Waals surface area contributed by atoms with Crippen LogP contribution in [0.2, 0.25) is 0 Å². The van der Waals surface area contributed by atoms with E-state index < -0.39 is 11.7 Å². The number of nitrogens with zero attached hydrogens (tertiary/aromatic N) is 3. The molecule has 4 aromatic rings. The van der Waals surface area contributed by atoms with Gasteiger partial charge < -0.3 is 0 Å². The Kier molecular flexibility index (Phi) is 3.53. The number of aromatic nitrogens is 3. The van der Waals surface area contributed by atoms with E-state index in [1.54, 1.807) is 47.2 Å². The van der Waals surface area contributed by atoms with Crippen molar-refractivity contribution in [3.05, 3.63) is 78.5 Å². The van der Waals surface area contributed by atoms with Crippen LogP contribution in [0.25, 0.3) is 28.2 Å². The molecular formula is C19H12F3N3. The van der Waals surface area contributed by atoms with Crippen LogP contribution >= 0.6 is 0 Å². The van der Waals surface area contributed by atoms with Crippen LogP contribution in [0.1, 0.15) is 5.56 Å². The molecule has 3 nitrogen and oxygen atoms in total. The van der Waals surface area contributed by atoms with Gasteiger partial charge in [0.05, 0.1) is 16.6 Å². The zero-order valence-electron chi connectivity index (χ0n) is 12.9. The number of rotatable bonds is 2. The van der Waals surface area contributed by atoms with E-state index in [0.717, 1.165) is 6.07 Å². The number of imidazole rings is 1. The molecule has 0 fully saturated rings. The van der Waals surface area contributed by atoms with E-state index in [4.69, 9.17) is 0 Å². The number of halogens is 3. The summed E-state index contributed by atoms with van der Waals surface area (Å²) in [6.45, 7) is 0. The molecule has 4 rings (SSSR count). The van der Waals surface area contributed by atoms with Crippen LogP contribution in [0.15, 0.2) is 72.9 Å². The van der Waals surface area contributed by atoms with Crippen LogP contribution in [0.3, 0.4) is 0 Å². The van der Waals surface area contributed by atoms with Crippen molar-refractivity contribution in [1.82, 2.24) is 14.5 Å². The van der Waals surface area contributed by atoms with E-state index in [1.165, 1.54) is 12.1 Å². The summed E-state index contributed by atoms with van der Waals surface area (Å²) in [6, 6.07) is 18.0. The molecule has 25 heavy (non-hydrogen) atoms. The molecule has 124 valence electrons. The fraction of sp³-hybridized carbons (Fsp3) is 0.0526. The average molecular weight is 339 g/mol. The molecule has 2 aromatic heterocycles. The standard InChI is InChI=1S/C19H12F3N3/c20-19(21,22)14-8-2-1-7-13(14)18-24-15-9-3-4-10-16(15)25(18)17-11-5-6-12-23-17/h1-12H. The summed E-state index contributed by atoms with van der Waals surface area (Å²) in [5, 5.41) is 0. The maximum atomic E-state index is 13.5. The lowest BCUT2D eigenvalue weighted by atomic mass is 10.1. The Hall–Kier alpha value is -3.15. The van der Waals surface area contributed by atoms with Crippen LogP contribution < -0.4 is 0 Å². The highest BCUT2D eigenvalue weighted by Crippen LogP contribution is 2.38. The lowest BCUT2D eigenvalue weighted by molar-refractivity contribution is -0.137. The van der Waals surface area contributed by atoms with Crippen molar-refractivity contribution in [3.8, 4) is 17.2 Å². The largest absolute Gasteiger partial charge is 0.417 e. The molecule has 0 spiro atoms. The quantitative estimate of drug-likeness (QED) is 0.508. The van der Waals surface area contributed by atoms with Crippen LogP contribution in [0.5, 0.6) is 0 Å². The molecule has 2 aromatic carbocycles. The zero-order valence-corrected chi connectivity index (χ0v) is 12.9. The summed E-state index contributed by atoms with van der Waals surface area (Å²) >= 11 is 0. The van der Waals surface area contributed by atoms with Crippen molar-refractivity contribution >= 4 is 11.0 Å². The normalized spacial score (nSPS) is 11.8. The Morgan fingerprint density at radius 2 is 1.52 bits per heavy atom. The van der Waals surface area contributed by atoms with Gasteiger partial charge in [0.2, 0.25) is 0 Å². The third kappa shape index (κ3) is 2.65. The minimum absolute atomic E-state index is 0.0249. The second-order valence-corrected chi connectivity index (χ2v) is 5.49. The molecular weight excluding hydrogens is 327 g/mol. The first-order valence-electron chi connectivity index (χ1n) is 7.61. The molecule has 2 heterocycles. The van der Waals surface area contributed by atoms with Crippen LogP contribution in [0, 0.1) is 0 Å². The van der Waals surface area contributed by atoms with E-state index in [1.807, 2.05) is 12.1 Å². The molecule has 0 saturated carbocycles. The molecule has 6 heteroatoms. The number of pyridine rings is 1. The van der Waals surface area contributed by atoms with Crippen molar-refractivity contribution < 1.29 is 13.2 Å². The highest BCUT2D eigenvalue weighted by atomic mass is 19.4. The number of benzene rings is 2.